The van der Waals surface area contributed by atoms with E-state index in [9.17, 15) is 27.6 Å². The molecule has 2 amide bonds. The molecule has 39 heavy (non-hydrogen) atoms. The minimum atomic E-state index is -3.29. The molecule has 1 aliphatic carbocycles. The van der Waals surface area contributed by atoms with Crippen LogP contribution in [0.3, 0.4) is 0 Å². The topological polar surface area (TPSA) is 137 Å². The first-order valence-corrected chi connectivity index (χ1v) is 11.7. The molecule has 0 fully saturated rings. The molecule has 0 saturated carbocycles. The van der Waals surface area contributed by atoms with Crippen molar-refractivity contribution in [2.45, 2.75) is 31.9 Å². The maximum absolute atomic E-state index is 14.9. The predicted molar refractivity (Wildman–Crippen MR) is 130 cm³/mol. The fourth-order valence-electron chi connectivity index (χ4n) is 4.30. The van der Waals surface area contributed by atoms with E-state index in [1.807, 2.05) is 0 Å². The van der Waals surface area contributed by atoms with Crippen LogP contribution in [0, 0.1) is 12.7 Å². The summed E-state index contributed by atoms with van der Waals surface area (Å²) < 4.78 is 45.1. The first-order chi connectivity index (χ1) is 18.5. The Hall–Kier alpha value is -4.88. The zero-order chi connectivity index (χ0) is 27.9. The van der Waals surface area contributed by atoms with E-state index in [0.717, 1.165) is 27.8 Å². The number of fused-ring (bicyclic) bond motifs is 1. The molecule has 0 bridgehead atoms. The fourth-order valence-corrected chi connectivity index (χ4v) is 4.30. The van der Waals surface area contributed by atoms with Gasteiger partial charge in [0.25, 0.3) is 17.7 Å². The van der Waals surface area contributed by atoms with Gasteiger partial charge in [0.05, 0.1) is 11.7 Å². The van der Waals surface area contributed by atoms with Crippen molar-refractivity contribution < 1.29 is 22.8 Å². The lowest BCUT2D eigenvalue weighted by molar-refractivity contribution is -0.00847. The van der Waals surface area contributed by atoms with Gasteiger partial charge in [-0.1, -0.05) is 18.2 Å². The van der Waals surface area contributed by atoms with Crippen molar-refractivity contribution in [3.63, 3.8) is 0 Å². The second kappa shape index (κ2) is 9.78. The number of tetrazole rings is 1. The highest BCUT2D eigenvalue weighted by Gasteiger charge is 2.46. The number of nitrogens with zero attached hydrogens (tertiary/aromatic N) is 6. The summed E-state index contributed by atoms with van der Waals surface area (Å²) >= 11 is 0. The number of hydrogen-bond acceptors (Lipinski definition) is 7. The maximum atomic E-state index is 14.9. The summed E-state index contributed by atoms with van der Waals surface area (Å²) in [5, 5.41) is 12.4. The number of amides is 2. The van der Waals surface area contributed by atoms with Crippen LogP contribution >= 0.6 is 0 Å². The Labute approximate surface area is 218 Å². The Morgan fingerprint density at radius 3 is 2.49 bits per heavy atom. The van der Waals surface area contributed by atoms with Crippen LogP contribution in [0.2, 0.25) is 0 Å². The number of aromatic nitrogens is 6. The van der Waals surface area contributed by atoms with Gasteiger partial charge in [-0.05, 0) is 52.2 Å². The van der Waals surface area contributed by atoms with E-state index in [1.165, 1.54) is 31.3 Å². The smallest absolute Gasteiger partial charge is 0.347 e. The van der Waals surface area contributed by atoms with Gasteiger partial charge in [-0.2, -0.15) is 9.36 Å². The van der Waals surface area contributed by atoms with Gasteiger partial charge in [-0.25, -0.2) is 27.9 Å². The summed E-state index contributed by atoms with van der Waals surface area (Å²) in [6.07, 6.45) is 0.316. The lowest BCUT2D eigenvalue weighted by Crippen LogP contribution is -2.30. The van der Waals surface area contributed by atoms with E-state index in [0.29, 0.717) is 11.1 Å². The zero-order valence-corrected chi connectivity index (χ0v) is 20.7. The number of aryl methyl sites for hydroxylation is 2. The van der Waals surface area contributed by atoms with Gasteiger partial charge in [0.1, 0.15) is 23.5 Å². The number of carbonyl (C=O) groups excluding carboxylic acids is 2. The third kappa shape index (κ3) is 5.00. The Morgan fingerprint density at radius 1 is 1.05 bits per heavy atom. The quantitative estimate of drug-likeness (QED) is 0.384. The third-order valence-corrected chi connectivity index (χ3v) is 6.35. The van der Waals surface area contributed by atoms with E-state index in [4.69, 9.17) is 0 Å². The second-order valence-electron chi connectivity index (χ2n) is 9.06. The number of alkyl halides is 2. The van der Waals surface area contributed by atoms with Crippen LogP contribution in [0.1, 0.15) is 55.7 Å². The molecule has 2 aromatic carbocycles. The molecule has 1 atom stereocenters. The van der Waals surface area contributed by atoms with Crippen LogP contribution in [-0.4, -0.2) is 41.6 Å². The maximum Gasteiger partial charge on any atom is 0.368 e. The SMILES string of the molecule is Cc1cc(CNC(=O)c2cc(C(=O)N[C@H]3CC(F)(F)c4cc(-n5nnn(C)c5=O)ccc43)ncn2)ccc1F. The van der Waals surface area contributed by atoms with E-state index in [1.54, 1.807) is 13.0 Å². The van der Waals surface area contributed by atoms with Crippen molar-refractivity contribution >= 4 is 11.8 Å². The highest BCUT2D eigenvalue weighted by Crippen LogP contribution is 2.47. The van der Waals surface area contributed by atoms with E-state index in [2.05, 4.69) is 31.0 Å². The third-order valence-electron chi connectivity index (χ3n) is 6.35. The Kier molecular flexibility index (Phi) is 6.46. The molecular weight excluding hydrogens is 517 g/mol. The van der Waals surface area contributed by atoms with Crippen LogP contribution in [0.15, 0.2) is 53.6 Å². The van der Waals surface area contributed by atoms with Gasteiger partial charge >= 0.3 is 5.69 Å². The lowest BCUT2D eigenvalue weighted by Gasteiger charge is -2.14. The monoisotopic (exact) mass is 538 g/mol. The van der Waals surface area contributed by atoms with Crippen LogP contribution in [-0.2, 0) is 19.5 Å². The molecule has 11 nitrogen and oxygen atoms in total. The number of nitrogens with one attached hydrogen (secondary N) is 2. The molecule has 2 heterocycles. The standard InChI is InChI=1S/C25H21F3N8O3/c1-13-7-14(3-6-18(13)26)11-29-22(37)19-9-20(31-12-30-19)23(38)32-21-10-25(27,28)17-8-15(4-5-16(17)21)36-24(39)35(2)33-34-36/h3-9,12,21H,10-11H2,1-2H3,(H,29,37)(H,32,38)/t21-/m0/s1. The van der Waals surface area contributed by atoms with Crippen molar-refractivity contribution in [3.05, 3.63) is 98.7 Å². The summed E-state index contributed by atoms with van der Waals surface area (Å²) in [5.41, 5.74) is 0.149. The zero-order valence-electron chi connectivity index (χ0n) is 20.7. The van der Waals surface area contributed by atoms with E-state index in [-0.39, 0.29) is 40.6 Å². The molecule has 0 unspecified atom stereocenters. The molecule has 0 spiro atoms. The molecule has 0 aliphatic heterocycles. The summed E-state index contributed by atoms with van der Waals surface area (Å²) in [4.78, 5) is 45.3. The van der Waals surface area contributed by atoms with Crippen molar-refractivity contribution in [2.75, 3.05) is 0 Å². The number of carbonyl (C=O) groups is 2. The summed E-state index contributed by atoms with van der Waals surface area (Å²) in [6, 6.07) is 8.50. The Morgan fingerprint density at radius 2 is 1.79 bits per heavy atom. The van der Waals surface area contributed by atoms with Gasteiger partial charge in [-0.15, -0.1) is 0 Å². The first kappa shape index (κ1) is 25.8. The van der Waals surface area contributed by atoms with E-state index >= 15 is 0 Å². The number of benzene rings is 2. The average Bonchev–Trinajstić information content (AvgIpc) is 3.38. The number of hydrogen-bond donors (Lipinski definition) is 2. The van der Waals surface area contributed by atoms with Crippen molar-refractivity contribution in [3.8, 4) is 5.69 Å². The highest BCUT2D eigenvalue weighted by atomic mass is 19.3. The van der Waals surface area contributed by atoms with Crippen LogP contribution in [0.4, 0.5) is 13.2 Å². The van der Waals surface area contributed by atoms with Crippen LogP contribution in [0.5, 0.6) is 0 Å². The second-order valence-corrected chi connectivity index (χ2v) is 9.06. The summed E-state index contributed by atoms with van der Waals surface area (Å²) in [5.74, 6) is -5.02. The highest BCUT2D eigenvalue weighted by molar-refractivity contribution is 5.97. The Balaban J connectivity index is 1.30. The van der Waals surface area contributed by atoms with Crippen molar-refractivity contribution in [1.29, 1.82) is 0 Å². The number of rotatable bonds is 6. The summed E-state index contributed by atoms with van der Waals surface area (Å²) in [7, 11) is 1.38. The largest absolute Gasteiger partial charge is 0.368 e. The molecule has 2 N–H and O–H groups in total. The molecule has 0 saturated heterocycles. The van der Waals surface area contributed by atoms with E-state index < -0.39 is 35.9 Å². The van der Waals surface area contributed by atoms with Crippen LogP contribution in [0.25, 0.3) is 5.69 Å². The molecule has 200 valence electrons. The minimum Gasteiger partial charge on any atom is -0.347 e. The molecule has 0 radical (unpaired) electrons. The van der Waals surface area contributed by atoms with Gasteiger partial charge < -0.3 is 10.6 Å². The van der Waals surface area contributed by atoms with Gasteiger partial charge in [0.15, 0.2) is 0 Å². The summed E-state index contributed by atoms with van der Waals surface area (Å²) in [6.45, 7) is 1.70. The molecule has 5 rings (SSSR count). The predicted octanol–water partition coefficient (Wildman–Crippen LogP) is 2.10. The number of halogens is 3. The van der Waals surface area contributed by atoms with Gasteiger partial charge in [0.2, 0.25) is 0 Å². The van der Waals surface area contributed by atoms with Crippen molar-refractivity contribution in [2.24, 2.45) is 7.05 Å². The van der Waals surface area contributed by atoms with Gasteiger partial charge in [-0.3, -0.25) is 9.59 Å². The Bertz CT molecular complexity index is 1670. The molecular formula is C25H21F3N8O3. The van der Waals surface area contributed by atoms with Gasteiger partial charge in [0, 0.05) is 31.6 Å². The lowest BCUT2D eigenvalue weighted by atomic mass is 10.1. The van der Waals surface area contributed by atoms with Crippen LogP contribution < -0.4 is 16.3 Å². The normalized spacial score (nSPS) is 15.6. The molecule has 1 aliphatic rings. The molecule has 2 aromatic heterocycles. The minimum absolute atomic E-state index is 0.0993. The first-order valence-electron chi connectivity index (χ1n) is 11.7. The van der Waals surface area contributed by atoms with Crippen molar-refractivity contribution in [1.82, 2.24) is 40.4 Å². The molecule has 4 aromatic rings. The average molecular weight is 538 g/mol. The molecule has 14 heteroatoms. The fraction of sp³-hybridized carbons (Fsp3) is 0.240.